The average Bonchev–Trinajstić information content (AvgIpc) is 3.70. The minimum absolute atomic E-state index is 0.0788. The van der Waals surface area contributed by atoms with Crippen LogP contribution in [0.3, 0.4) is 0 Å². The van der Waals surface area contributed by atoms with E-state index in [-0.39, 0.29) is 54.3 Å². The number of nitrogens with two attached hydrogens (primary N) is 1. The zero-order valence-corrected chi connectivity index (χ0v) is 35.4. The van der Waals surface area contributed by atoms with Crippen LogP contribution >= 0.6 is 0 Å². The van der Waals surface area contributed by atoms with Crippen molar-refractivity contribution >= 4 is 51.4 Å². The maximum absolute atomic E-state index is 14.2. The molecule has 0 aromatic carbocycles. The Hall–Kier alpha value is -3.83. The Morgan fingerprint density at radius 2 is 1.81 bits per heavy atom. The topological polar surface area (TPSA) is 180 Å². The normalized spacial score (nSPS) is 26.1. The van der Waals surface area contributed by atoms with E-state index in [2.05, 4.69) is 44.2 Å². The number of nitrogens with one attached hydrogen (secondary N) is 1. The van der Waals surface area contributed by atoms with E-state index in [0.29, 0.717) is 24.8 Å². The van der Waals surface area contributed by atoms with E-state index in [9.17, 15) is 24.0 Å². The Labute approximate surface area is 316 Å². The number of cyclic esters (lactones) is 1. The van der Waals surface area contributed by atoms with Gasteiger partial charge in [0, 0.05) is 31.3 Å². The molecular weight excluding hydrogens is 713 g/mol. The van der Waals surface area contributed by atoms with Gasteiger partial charge in [-0.15, -0.1) is 0 Å². The minimum Gasteiger partial charge on any atom is -0.460 e. The van der Waals surface area contributed by atoms with Crippen molar-refractivity contribution in [1.29, 1.82) is 0 Å². The number of nitrogens with zero attached hydrogens (tertiary/aromatic N) is 2. The van der Waals surface area contributed by atoms with Gasteiger partial charge in [0.25, 0.3) is 5.91 Å². The summed E-state index contributed by atoms with van der Waals surface area (Å²) in [6.45, 7) is 22.6. The molecule has 3 N–H and O–H groups in total. The van der Waals surface area contributed by atoms with Gasteiger partial charge in [0.15, 0.2) is 14.0 Å². The second-order valence-corrected chi connectivity index (χ2v) is 26.5. The van der Waals surface area contributed by atoms with Gasteiger partial charge in [-0.05, 0) is 44.0 Å². The van der Waals surface area contributed by atoms with E-state index in [1.807, 2.05) is 44.8 Å². The highest BCUT2D eigenvalue weighted by molar-refractivity contribution is 6.88. The number of allylic oxidation sites excluding steroid dienone is 2. The molecule has 0 saturated carbocycles. The number of rotatable bonds is 6. The summed E-state index contributed by atoms with van der Waals surface area (Å²) < 4.78 is 24.0. The molecule has 0 unspecified atom stereocenters. The molecule has 2 aliphatic heterocycles. The van der Waals surface area contributed by atoms with Crippen molar-refractivity contribution < 1.29 is 42.3 Å². The van der Waals surface area contributed by atoms with Gasteiger partial charge in [-0.1, -0.05) is 84.1 Å². The predicted molar refractivity (Wildman–Crippen MR) is 208 cm³/mol. The van der Waals surface area contributed by atoms with Gasteiger partial charge in [0.2, 0.25) is 11.8 Å². The lowest BCUT2D eigenvalue weighted by atomic mass is 9.93. The number of hydrogen-bond donors (Lipinski definition) is 2. The van der Waals surface area contributed by atoms with Crippen molar-refractivity contribution in [1.82, 2.24) is 15.2 Å². The molecule has 1 fully saturated rings. The average molecular weight is 773 g/mol. The zero-order valence-electron chi connectivity index (χ0n) is 33.4. The number of oxazole rings is 1. The molecule has 15 heteroatoms. The number of esters is 1. The Morgan fingerprint density at radius 1 is 1.13 bits per heavy atom. The lowest BCUT2D eigenvalue weighted by Gasteiger charge is -2.38. The number of ether oxygens (including phenoxy) is 2. The molecule has 3 heterocycles. The summed E-state index contributed by atoms with van der Waals surface area (Å²) in [5, 5.41) is 3.18. The maximum atomic E-state index is 14.2. The van der Waals surface area contributed by atoms with Crippen LogP contribution in [-0.2, 0) is 34.7 Å². The zero-order chi connectivity index (χ0) is 39.9. The molecular formula is C38H60N4O9Si2. The van der Waals surface area contributed by atoms with Crippen molar-refractivity contribution in [2.24, 2.45) is 17.6 Å². The fraction of sp³-hybridized carbons (Fsp3) is 0.632. The summed E-state index contributed by atoms with van der Waals surface area (Å²) in [7, 11) is -4.60. The molecule has 5 atom stereocenters. The fourth-order valence-corrected chi connectivity index (χ4v) is 8.62. The van der Waals surface area contributed by atoms with Gasteiger partial charge in [-0.3, -0.25) is 14.4 Å². The second-order valence-electron chi connectivity index (χ2n) is 16.8. The van der Waals surface area contributed by atoms with Gasteiger partial charge < -0.3 is 34.3 Å². The Bertz CT molecular complexity index is 1600. The van der Waals surface area contributed by atoms with Crippen molar-refractivity contribution in [2.75, 3.05) is 19.7 Å². The molecule has 0 spiro atoms. The van der Waals surface area contributed by atoms with Gasteiger partial charge in [-0.2, -0.15) is 0 Å². The van der Waals surface area contributed by atoms with Crippen LogP contribution in [0.4, 0.5) is 4.79 Å². The molecule has 1 saturated heterocycles. The highest BCUT2D eigenvalue weighted by atomic mass is 28.4. The summed E-state index contributed by atoms with van der Waals surface area (Å²) >= 11 is 0. The third-order valence-corrected chi connectivity index (χ3v) is 16.2. The van der Waals surface area contributed by atoms with Crippen LogP contribution < -0.4 is 16.4 Å². The first kappa shape index (κ1) is 43.6. The lowest BCUT2D eigenvalue weighted by Crippen LogP contribution is -2.48. The number of ketones is 1. The summed E-state index contributed by atoms with van der Waals surface area (Å²) in [6.07, 6.45) is 7.21. The Balaban J connectivity index is 2.07. The van der Waals surface area contributed by atoms with E-state index in [1.165, 1.54) is 11.0 Å². The predicted octanol–water partition coefficient (Wildman–Crippen LogP) is 5.18. The first-order valence-electron chi connectivity index (χ1n) is 18.4. The summed E-state index contributed by atoms with van der Waals surface area (Å²) in [5.74, 6) is -2.41. The number of amides is 3. The van der Waals surface area contributed by atoms with E-state index >= 15 is 0 Å². The molecule has 53 heavy (non-hydrogen) atoms. The van der Waals surface area contributed by atoms with Crippen LogP contribution in [0.25, 0.3) is 0 Å². The first-order valence-corrected chi connectivity index (χ1v) is 24.9. The molecule has 1 aromatic rings. The molecule has 0 radical (unpaired) electrons. The highest BCUT2D eigenvalue weighted by Crippen LogP contribution is 2.38. The summed E-state index contributed by atoms with van der Waals surface area (Å²) in [6, 6.07) is -0.901. The van der Waals surface area contributed by atoms with Crippen LogP contribution in [0.5, 0.6) is 0 Å². The minimum atomic E-state index is -2.31. The standard InChI is InChI=1S/C38H60N4O9Si2/c1-24-14-12-18-40-30(44)17-16-25(2)33(26(3)23-48-37(39)47)50-35(46)29-15-13-19-42(29)34(45)32-36(52(7,8)9)49-31(41-32)22-27(43)21-28(20-24)51-53(10,11)38(4,5)6/h12,14,16-17,20,25-26,28-29,33H,13,15,18-19,21-23H2,1-11H3,(H2,39,47)(H,40,44)/b14-12+,17-16+,24-20+/t25-,26+,28-,29-,33+/m1/s1. The Kier molecular flexibility index (Phi) is 14.8. The van der Waals surface area contributed by atoms with Crippen molar-refractivity contribution in [3.8, 4) is 0 Å². The van der Waals surface area contributed by atoms with Gasteiger partial charge in [0.1, 0.15) is 31.4 Å². The highest BCUT2D eigenvalue weighted by Gasteiger charge is 2.42. The molecule has 3 amide bonds. The van der Waals surface area contributed by atoms with Crippen LogP contribution in [0.1, 0.15) is 77.2 Å². The van der Waals surface area contributed by atoms with Gasteiger partial charge in [-0.25, -0.2) is 14.6 Å². The monoisotopic (exact) mass is 772 g/mol. The number of hydrogen-bond acceptors (Lipinski definition) is 10. The van der Waals surface area contributed by atoms with Gasteiger partial charge >= 0.3 is 12.1 Å². The number of primary amides is 1. The van der Waals surface area contributed by atoms with Crippen LogP contribution in [0, 0.1) is 11.8 Å². The van der Waals surface area contributed by atoms with E-state index in [1.54, 1.807) is 19.9 Å². The molecule has 3 rings (SSSR count). The van der Waals surface area contributed by atoms with Crippen molar-refractivity contribution in [3.63, 3.8) is 0 Å². The molecule has 1 aromatic heterocycles. The number of fused-ring (bicyclic) bond motifs is 3. The molecule has 294 valence electrons. The van der Waals surface area contributed by atoms with Crippen LogP contribution in [-0.4, -0.2) is 93.9 Å². The third-order valence-electron chi connectivity index (χ3n) is 9.96. The van der Waals surface area contributed by atoms with Crippen molar-refractivity contribution in [3.05, 3.63) is 47.5 Å². The second kappa shape index (κ2) is 18.0. The quantitative estimate of drug-likeness (QED) is 0.289. The van der Waals surface area contributed by atoms with Crippen LogP contribution in [0.2, 0.25) is 37.8 Å². The summed E-state index contributed by atoms with van der Waals surface area (Å²) in [5.41, 5.74) is 6.18. The SMILES string of the molecule is CC1=C\[C@@H](O[Si](C)(C)C(C)(C)C)CC(=O)Cc2nc(c([Si](C)(C)C)o2)C(=O)N2CCC[C@@H]2C(=O)O[C@H]([C@@H](C)COC(N)=O)[C@H](C)/C=C/C(=O)NC\C=C\1. The number of aromatic nitrogens is 1. The largest absolute Gasteiger partial charge is 0.460 e. The summed E-state index contributed by atoms with van der Waals surface area (Å²) in [4.78, 5) is 72.0. The molecule has 2 bridgehead atoms. The van der Waals surface area contributed by atoms with Crippen LogP contribution in [0.15, 0.2) is 40.4 Å². The molecule has 2 aliphatic rings. The fourth-order valence-electron chi connectivity index (χ4n) is 6.06. The molecule has 0 aliphatic carbocycles. The maximum Gasteiger partial charge on any atom is 0.404 e. The molecule has 13 nitrogen and oxygen atoms in total. The van der Waals surface area contributed by atoms with Gasteiger partial charge in [0.05, 0.1) is 19.1 Å². The Morgan fingerprint density at radius 3 is 2.43 bits per heavy atom. The third kappa shape index (κ3) is 12.4. The smallest absolute Gasteiger partial charge is 0.404 e. The van der Waals surface area contributed by atoms with E-state index in [0.717, 1.165) is 5.57 Å². The van der Waals surface area contributed by atoms with E-state index in [4.69, 9.17) is 24.1 Å². The van der Waals surface area contributed by atoms with E-state index < -0.39 is 64.4 Å². The first-order chi connectivity index (χ1) is 24.5. The van der Waals surface area contributed by atoms with Crippen molar-refractivity contribution in [2.45, 2.75) is 123 Å². The lowest BCUT2D eigenvalue weighted by molar-refractivity contribution is -0.159. The number of carbonyl (C=O) groups excluding carboxylic acids is 5. The number of Topliss-reactive ketones (excluding diaryl/α,β-unsaturated/α-hetero) is 1. The number of carbonyl (C=O) groups is 5.